The Morgan fingerprint density at radius 3 is 2.60 bits per heavy atom. The molecule has 150 valence electrons. The lowest BCUT2D eigenvalue weighted by Gasteiger charge is -2.07. The van der Waals surface area contributed by atoms with Crippen molar-refractivity contribution in [3.8, 4) is 11.3 Å². The number of aromatic nitrogens is 1. The molecule has 4 nitrogen and oxygen atoms in total. The molecule has 0 aliphatic heterocycles. The molecule has 0 saturated carbocycles. The van der Waals surface area contributed by atoms with Crippen LogP contribution in [0, 0.1) is 5.82 Å². The van der Waals surface area contributed by atoms with Gasteiger partial charge in [0, 0.05) is 27.2 Å². The summed E-state index contributed by atoms with van der Waals surface area (Å²) in [5, 5.41) is 8.64. The van der Waals surface area contributed by atoms with E-state index >= 15 is 0 Å². The number of hydrogen-bond acceptors (Lipinski definition) is 5. The van der Waals surface area contributed by atoms with Crippen LogP contribution in [0.15, 0.2) is 89.1 Å². The third-order valence-electron chi connectivity index (χ3n) is 4.14. The Kier molecular flexibility index (Phi) is 6.41. The fourth-order valence-corrected chi connectivity index (χ4v) is 4.23. The maximum atomic E-state index is 13.3. The van der Waals surface area contributed by atoms with Gasteiger partial charge >= 0.3 is 0 Å². The first-order chi connectivity index (χ1) is 14.7. The molecule has 0 fully saturated rings. The van der Waals surface area contributed by atoms with Crippen molar-refractivity contribution >= 4 is 45.5 Å². The van der Waals surface area contributed by atoms with E-state index in [-0.39, 0.29) is 11.7 Å². The summed E-state index contributed by atoms with van der Waals surface area (Å²) in [4.78, 5) is 17.9. The number of nitrogens with one attached hydrogen (secondary N) is 2. The SMILES string of the molecule is O=C(CSc1ccccc1)Nc1cccc(-c2csc(Nc3cccc(F)c3)n2)c1. The van der Waals surface area contributed by atoms with Crippen molar-refractivity contribution in [2.75, 3.05) is 16.4 Å². The van der Waals surface area contributed by atoms with Crippen LogP contribution in [-0.2, 0) is 4.79 Å². The summed E-state index contributed by atoms with van der Waals surface area (Å²) in [5.74, 6) is -0.0227. The average Bonchev–Trinajstić information content (AvgIpc) is 3.22. The highest BCUT2D eigenvalue weighted by Gasteiger charge is 2.08. The third kappa shape index (κ3) is 5.46. The van der Waals surface area contributed by atoms with Crippen molar-refractivity contribution in [2.24, 2.45) is 0 Å². The lowest BCUT2D eigenvalue weighted by Crippen LogP contribution is -2.13. The topological polar surface area (TPSA) is 54.0 Å². The summed E-state index contributed by atoms with van der Waals surface area (Å²) in [6.45, 7) is 0. The van der Waals surface area contributed by atoms with Gasteiger partial charge in [-0.05, 0) is 42.5 Å². The summed E-state index contributed by atoms with van der Waals surface area (Å²) >= 11 is 2.93. The predicted molar refractivity (Wildman–Crippen MR) is 123 cm³/mol. The molecule has 2 N–H and O–H groups in total. The molecule has 0 radical (unpaired) electrons. The van der Waals surface area contributed by atoms with Gasteiger partial charge in [0.1, 0.15) is 5.82 Å². The van der Waals surface area contributed by atoms with Crippen molar-refractivity contribution in [2.45, 2.75) is 4.90 Å². The summed E-state index contributed by atoms with van der Waals surface area (Å²) in [6, 6.07) is 23.6. The molecule has 0 bridgehead atoms. The summed E-state index contributed by atoms with van der Waals surface area (Å²) in [6.07, 6.45) is 0. The zero-order chi connectivity index (χ0) is 20.8. The Balaban J connectivity index is 1.39. The molecule has 7 heteroatoms. The normalized spacial score (nSPS) is 10.6. The van der Waals surface area contributed by atoms with Gasteiger partial charge in [0.15, 0.2) is 5.13 Å². The predicted octanol–water partition coefficient (Wildman–Crippen LogP) is 6.42. The van der Waals surface area contributed by atoms with E-state index in [1.165, 1.54) is 35.2 Å². The number of benzene rings is 3. The lowest BCUT2D eigenvalue weighted by atomic mass is 10.1. The molecule has 0 aliphatic carbocycles. The number of carbonyl (C=O) groups excluding carboxylic acids is 1. The second kappa shape index (κ2) is 9.56. The Hall–Kier alpha value is -3.16. The third-order valence-corrected chi connectivity index (χ3v) is 5.91. The zero-order valence-electron chi connectivity index (χ0n) is 15.8. The number of hydrogen-bond donors (Lipinski definition) is 2. The number of nitrogens with zero attached hydrogens (tertiary/aromatic N) is 1. The first-order valence-electron chi connectivity index (χ1n) is 9.22. The molecule has 0 saturated heterocycles. The maximum Gasteiger partial charge on any atom is 0.234 e. The van der Waals surface area contributed by atoms with Crippen LogP contribution in [0.4, 0.5) is 20.9 Å². The van der Waals surface area contributed by atoms with Crippen LogP contribution >= 0.6 is 23.1 Å². The molecule has 0 aliphatic rings. The molecule has 1 heterocycles. The molecule has 3 aromatic carbocycles. The minimum Gasteiger partial charge on any atom is -0.331 e. The standard InChI is InChI=1S/C23H18FN3OS2/c24-17-7-5-9-19(13-17)26-23-27-21(14-30-23)16-6-4-8-18(12-16)25-22(28)15-29-20-10-2-1-3-11-20/h1-14H,15H2,(H,25,28)(H,26,27). The molecule has 0 spiro atoms. The Morgan fingerprint density at radius 1 is 0.967 bits per heavy atom. The van der Waals surface area contributed by atoms with Gasteiger partial charge in [0.05, 0.1) is 11.4 Å². The van der Waals surface area contributed by atoms with Crippen molar-refractivity contribution in [1.82, 2.24) is 4.98 Å². The van der Waals surface area contributed by atoms with Crippen LogP contribution in [0.1, 0.15) is 0 Å². The van der Waals surface area contributed by atoms with Crippen molar-refractivity contribution < 1.29 is 9.18 Å². The molecule has 0 unspecified atom stereocenters. The number of anilines is 3. The summed E-state index contributed by atoms with van der Waals surface area (Å²) in [7, 11) is 0. The van der Waals surface area contributed by atoms with E-state index in [2.05, 4.69) is 15.6 Å². The number of thiazole rings is 1. The highest BCUT2D eigenvalue weighted by molar-refractivity contribution is 8.00. The van der Waals surface area contributed by atoms with E-state index in [9.17, 15) is 9.18 Å². The van der Waals surface area contributed by atoms with Gasteiger partial charge < -0.3 is 10.6 Å². The van der Waals surface area contributed by atoms with Gasteiger partial charge in [-0.1, -0.05) is 36.4 Å². The van der Waals surface area contributed by atoms with Gasteiger partial charge in [0.2, 0.25) is 5.91 Å². The van der Waals surface area contributed by atoms with Gasteiger partial charge in [-0.2, -0.15) is 0 Å². The van der Waals surface area contributed by atoms with E-state index in [4.69, 9.17) is 0 Å². The van der Waals surface area contributed by atoms with Crippen LogP contribution in [0.25, 0.3) is 11.3 Å². The van der Waals surface area contributed by atoms with Crippen LogP contribution < -0.4 is 10.6 Å². The van der Waals surface area contributed by atoms with Crippen LogP contribution in [0.3, 0.4) is 0 Å². The number of carbonyl (C=O) groups is 1. The Morgan fingerprint density at radius 2 is 1.77 bits per heavy atom. The summed E-state index contributed by atoms with van der Waals surface area (Å²) in [5.41, 5.74) is 3.05. The minimum absolute atomic E-state index is 0.0623. The van der Waals surface area contributed by atoms with E-state index in [1.807, 2.05) is 60.0 Å². The first kappa shape index (κ1) is 20.1. The molecule has 1 amide bonds. The molecule has 1 aromatic heterocycles. The zero-order valence-corrected chi connectivity index (χ0v) is 17.5. The number of thioether (sulfide) groups is 1. The second-order valence-corrected chi connectivity index (χ2v) is 8.31. The smallest absolute Gasteiger partial charge is 0.234 e. The highest BCUT2D eigenvalue weighted by Crippen LogP contribution is 2.29. The van der Waals surface area contributed by atoms with E-state index in [1.54, 1.807) is 12.1 Å². The first-order valence-corrected chi connectivity index (χ1v) is 11.1. The molecule has 0 atom stereocenters. The van der Waals surface area contributed by atoms with Gasteiger partial charge in [0.25, 0.3) is 0 Å². The van der Waals surface area contributed by atoms with Gasteiger partial charge in [-0.25, -0.2) is 9.37 Å². The van der Waals surface area contributed by atoms with Crippen LogP contribution in [0.2, 0.25) is 0 Å². The van der Waals surface area contributed by atoms with Gasteiger partial charge in [-0.15, -0.1) is 23.1 Å². The van der Waals surface area contributed by atoms with E-state index in [0.717, 1.165) is 21.8 Å². The Bertz CT molecular complexity index is 1150. The fraction of sp³-hybridized carbons (Fsp3) is 0.0435. The second-order valence-electron chi connectivity index (χ2n) is 6.40. The van der Waals surface area contributed by atoms with Crippen LogP contribution in [-0.4, -0.2) is 16.6 Å². The highest BCUT2D eigenvalue weighted by atomic mass is 32.2. The lowest BCUT2D eigenvalue weighted by molar-refractivity contribution is -0.113. The molecular weight excluding hydrogens is 417 g/mol. The minimum atomic E-state index is -0.300. The van der Waals surface area contributed by atoms with E-state index < -0.39 is 0 Å². The fourth-order valence-electron chi connectivity index (χ4n) is 2.77. The van der Waals surface area contributed by atoms with Crippen molar-refractivity contribution in [1.29, 1.82) is 0 Å². The van der Waals surface area contributed by atoms with Crippen LogP contribution in [0.5, 0.6) is 0 Å². The molecular formula is C23H18FN3OS2. The number of rotatable bonds is 7. The maximum absolute atomic E-state index is 13.3. The molecule has 4 aromatic rings. The van der Waals surface area contributed by atoms with Crippen molar-refractivity contribution in [3.63, 3.8) is 0 Å². The van der Waals surface area contributed by atoms with E-state index in [0.29, 0.717) is 16.6 Å². The number of amides is 1. The average molecular weight is 436 g/mol. The largest absolute Gasteiger partial charge is 0.331 e. The molecule has 30 heavy (non-hydrogen) atoms. The molecule has 4 rings (SSSR count). The number of halogens is 1. The Labute approximate surface area is 182 Å². The van der Waals surface area contributed by atoms with Gasteiger partial charge in [-0.3, -0.25) is 4.79 Å². The van der Waals surface area contributed by atoms with Crippen molar-refractivity contribution in [3.05, 3.63) is 90.1 Å². The summed E-state index contributed by atoms with van der Waals surface area (Å²) < 4.78 is 13.3. The quantitative estimate of drug-likeness (QED) is 0.329. The monoisotopic (exact) mass is 435 g/mol.